The molecule has 1 aliphatic rings. The van der Waals surface area contributed by atoms with Gasteiger partial charge in [-0.25, -0.2) is 4.98 Å². The molecule has 2 rings (SSSR count). The van der Waals surface area contributed by atoms with Crippen LogP contribution in [-0.2, 0) is 4.74 Å². The van der Waals surface area contributed by atoms with E-state index in [1.54, 1.807) is 6.20 Å². The first-order valence-electron chi connectivity index (χ1n) is 5.77. The summed E-state index contributed by atoms with van der Waals surface area (Å²) in [5.74, 6) is 1.18. The first-order valence-corrected chi connectivity index (χ1v) is 6.15. The Morgan fingerprint density at radius 1 is 1.72 bits per heavy atom. The molecule has 0 bridgehead atoms. The van der Waals surface area contributed by atoms with Crippen molar-refractivity contribution in [2.45, 2.75) is 13.0 Å². The van der Waals surface area contributed by atoms with Gasteiger partial charge in [-0.05, 0) is 6.92 Å². The van der Waals surface area contributed by atoms with Crippen LogP contribution in [0.3, 0.4) is 0 Å². The molecule has 1 aromatic rings. The summed E-state index contributed by atoms with van der Waals surface area (Å²) >= 11 is 6.10. The van der Waals surface area contributed by atoms with Gasteiger partial charge in [0.15, 0.2) is 11.9 Å². The first kappa shape index (κ1) is 12.9. The Balaban J connectivity index is 2.21. The number of aromatic nitrogens is 2. The van der Waals surface area contributed by atoms with E-state index in [9.17, 15) is 0 Å². The minimum Gasteiger partial charge on any atom is -0.360 e. The smallest absolute Gasteiger partial charge is 0.224 e. The van der Waals surface area contributed by atoms with Gasteiger partial charge >= 0.3 is 0 Å². The minimum absolute atomic E-state index is 0.438. The maximum Gasteiger partial charge on any atom is 0.224 e. The summed E-state index contributed by atoms with van der Waals surface area (Å²) in [5.41, 5.74) is 0. The molecule has 1 unspecified atom stereocenters. The zero-order valence-electron chi connectivity index (χ0n) is 10.1. The fraction of sp³-hybridized carbons (Fsp3) is 0.545. The normalized spacial score (nSPS) is 19.4. The second-order valence-corrected chi connectivity index (χ2v) is 4.24. The highest BCUT2D eigenvalue weighted by molar-refractivity contribution is 6.32. The van der Waals surface area contributed by atoms with Gasteiger partial charge in [-0.15, -0.1) is 0 Å². The van der Waals surface area contributed by atoms with E-state index < -0.39 is 6.10 Å². The maximum absolute atomic E-state index is 8.88. The lowest BCUT2D eigenvalue weighted by molar-refractivity contribution is 0.0761. The Bertz CT molecular complexity index is 461. The Labute approximate surface area is 111 Å². The molecular weight excluding hydrogens is 254 g/mol. The van der Waals surface area contributed by atoms with Crippen LogP contribution in [0.25, 0.3) is 0 Å². The van der Waals surface area contributed by atoms with Crippen LogP contribution in [0.1, 0.15) is 6.92 Å². The van der Waals surface area contributed by atoms with Gasteiger partial charge in [-0.3, -0.25) is 0 Å². The zero-order valence-corrected chi connectivity index (χ0v) is 10.8. The average molecular weight is 268 g/mol. The molecule has 0 radical (unpaired) electrons. The molecule has 1 aliphatic heterocycles. The highest BCUT2D eigenvalue weighted by Gasteiger charge is 2.23. The topological polar surface area (TPSA) is 74.1 Å². The second kappa shape index (κ2) is 5.85. The summed E-state index contributed by atoms with van der Waals surface area (Å²) in [7, 11) is 0. The summed E-state index contributed by atoms with van der Waals surface area (Å²) < 4.78 is 5.29. The quantitative estimate of drug-likeness (QED) is 0.890. The van der Waals surface area contributed by atoms with Gasteiger partial charge in [0.1, 0.15) is 5.02 Å². The van der Waals surface area contributed by atoms with Crippen molar-refractivity contribution in [3.63, 3.8) is 0 Å². The molecule has 0 aromatic carbocycles. The van der Waals surface area contributed by atoms with Crippen molar-refractivity contribution in [2.24, 2.45) is 0 Å². The van der Waals surface area contributed by atoms with Crippen molar-refractivity contribution >= 4 is 23.4 Å². The molecule has 0 aliphatic carbocycles. The average Bonchev–Trinajstić information content (AvgIpc) is 2.41. The number of anilines is 2. The number of ether oxygens (including phenoxy) is 1. The van der Waals surface area contributed by atoms with Crippen molar-refractivity contribution in [3.05, 3.63) is 11.2 Å². The molecule has 1 fully saturated rings. The van der Waals surface area contributed by atoms with Gasteiger partial charge in [0.25, 0.3) is 0 Å². The fourth-order valence-corrected chi connectivity index (χ4v) is 1.95. The number of nitrogens with one attached hydrogen (secondary N) is 1. The molecule has 0 spiro atoms. The van der Waals surface area contributed by atoms with E-state index >= 15 is 0 Å². The van der Waals surface area contributed by atoms with Crippen molar-refractivity contribution in [3.8, 4) is 6.07 Å². The molecule has 1 aromatic heterocycles. The van der Waals surface area contributed by atoms with Crippen molar-refractivity contribution < 1.29 is 4.74 Å². The predicted octanol–water partition coefficient (Wildman–Crippen LogP) is 1.29. The van der Waals surface area contributed by atoms with Crippen molar-refractivity contribution in [2.75, 3.05) is 36.5 Å². The molecule has 0 saturated carbocycles. The third kappa shape index (κ3) is 2.81. The molecule has 7 heteroatoms. The third-order valence-corrected chi connectivity index (χ3v) is 2.84. The molecule has 6 nitrogen and oxygen atoms in total. The van der Waals surface area contributed by atoms with Crippen LogP contribution in [0.5, 0.6) is 0 Å². The lowest BCUT2D eigenvalue weighted by Crippen LogP contribution is -2.42. The van der Waals surface area contributed by atoms with E-state index in [0.717, 1.165) is 6.54 Å². The Morgan fingerprint density at radius 2 is 2.56 bits per heavy atom. The lowest BCUT2D eigenvalue weighted by atomic mass is 10.3. The van der Waals surface area contributed by atoms with E-state index in [1.807, 2.05) is 11.8 Å². The number of rotatable bonds is 3. The van der Waals surface area contributed by atoms with Crippen LogP contribution in [0.15, 0.2) is 6.20 Å². The molecular formula is C11H14ClN5O. The molecule has 1 saturated heterocycles. The van der Waals surface area contributed by atoms with Crippen LogP contribution in [0.2, 0.25) is 5.02 Å². The molecule has 1 atom stereocenters. The van der Waals surface area contributed by atoms with E-state index in [4.69, 9.17) is 21.6 Å². The summed E-state index contributed by atoms with van der Waals surface area (Å²) in [5, 5.41) is 12.4. The van der Waals surface area contributed by atoms with Gasteiger partial charge < -0.3 is 15.0 Å². The van der Waals surface area contributed by atoms with Crippen LogP contribution in [-0.4, -0.2) is 42.3 Å². The maximum atomic E-state index is 8.88. The van der Waals surface area contributed by atoms with E-state index in [-0.39, 0.29) is 0 Å². The second-order valence-electron chi connectivity index (χ2n) is 3.83. The van der Waals surface area contributed by atoms with E-state index in [2.05, 4.69) is 21.4 Å². The van der Waals surface area contributed by atoms with Gasteiger partial charge in [0, 0.05) is 13.1 Å². The monoisotopic (exact) mass is 267 g/mol. The minimum atomic E-state index is -0.438. The number of nitriles is 1. The molecule has 0 amide bonds. The molecule has 96 valence electrons. The molecule has 2 heterocycles. The highest BCUT2D eigenvalue weighted by Crippen LogP contribution is 2.25. The molecule has 1 N–H and O–H groups in total. The lowest BCUT2D eigenvalue weighted by Gasteiger charge is -2.31. The van der Waals surface area contributed by atoms with Gasteiger partial charge in [0.2, 0.25) is 5.95 Å². The highest BCUT2D eigenvalue weighted by atomic mass is 35.5. The zero-order chi connectivity index (χ0) is 13.0. The SMILES string of the molecule is CCNc1ncc(Cl)c(N2CCOC(C#N)C2)n1. The predicted molar refractivity (Wildman–Crippen MR) is 68.8 cm³/mol. The standard InChI is InChI=1S/C11H14ClN5O/c1-2-14-11-15-6-9(12)10(16-11)17-3-4-18-8(5-13)7-17/h6,8H,2-4,7H2,1H3,(H,14,15,16). The number of nitrogens with zero attached hydrogens (tertiary/aromatic N) is 4. The summed E-state index contributed by atoms with van der Waals surface area (Å²) in [4.78, 5) is 10.4. The summed E-state index contributed by atoms with van der Waals surface area (Å²) in [6, 6.07) is 2.10. The largest absolute Gasteiger partial charge is 0.360 e. The Morgan fingerprint density at radius 3 is 3.28 bits per heavy atom. The number of hydrogen-bond donors (Lipinski definition) is 1. The van der Waals surface area contributed by atoms with Gasteiger partial charge in [-0.1, -0.05) is 11.6 Å². The molecule has 18 heavy (non-hydrogen) atoms. The third-order valence-electron chi connectivity index (χ3n) is 2.57. The van der Waals surface area contributed by atoms with E-state index in [1.165, 1.54) is 0 Å². The van der Waals surface area contributed by atoms with Crippen molar-refractivity contribution in [1.82, 2.24) is 9.97 Å². The van der Waals surface area contributed by atoms with Gasteiger partial charge in [0.05, 0.1) is 25.4 Å². The first-order chi connectivity index (χ1) is 8.74. The van der Waals surface area contributed by atoms with Crippen molar-refractivity contribution in [1.29, 1.82) is 5.26 Å². The number of halogens is 1. The van der Waals surface area contributed by atoms with E-state index in [0.29, 0.717) is 36.5 Å². The van der Waals surface area contributed by atoms with Crippen LogP contribution in [0, 0.1) is 11.3 Å². The van der Waals surface area contributed by atoms with Crippen LogP contribution >= 0.6 is 11.6 Å². The Hall–Kier alpha value is -1.58. The van der Waals surface area contributed by atoms with Crippen LogP contribution in [0.4, 0.5) is 11.8 Å². The summed E-state index contributed by atoms with van der Waals surface area (Å²) in [6.07, 6.45) is 1.13. The summed E-state index contributed by atoms with van der Waals surface area (Å²) in [6.45, 7) is 4.34. The fourth-order valence-electron chi connectivity index (χ4n) is 1.74. The number of morpholine rings is 1. The van der Waals surface area contributed by atoms with Crippen LogP contribution < -0.4 is 10.2 Å². The number of hydrogen-bond acceptors (Lipinski definition) is 6. The van der Waals surface area contributed by atoms with Gasteiger partial charge in [-0.2, -0.15) is 10.2 Å². The Kier molecular flexibility index (Phi) is 4.18.